The minimum Gasteiger partial charge on any atom is -0.454 e. The minimum absolute atomic E-state index is 0.166. The third-order valence-corrected chi connectivity index (χ3v) is 3.09. The van der Waals surface area contributed by atoms with Gasteiger partial charge in [-0.1, -0.05) is 12.1 Å². The van der Waals surface area contributed by atoms with Crippen LogP contribution in [0.15, 0.2) is 36.4 Å². The lowest BCUT2D eigenvalue weighted by molar-refractivity contribution is 0.174. The number of hydrogen-bond acceptors (Lipinski definition) is 3. The molecule has 2 amide bonds. The molecule has 0 unspecified atom stereocenters. The average Bonchev–Trinajstić information content (AvgIpc) is 2.96. The highest BCUT2D eigenvalue weighted by Gasteiger charge is 2.14. The number of amides is 2. The number of fused-ring (bicyclic) bond motifs is 1. The lowest BCUT2D eigenvalue weighted by Crippen LogP contribution is -2.29. The van der Waals surface area contributed by atoms with Crippen LogP contribution in [-0.2, 0) is 6.54 Å². The predicted octanol–water partition coefficient (Wildman–Crippen LogP) is 3.02. The second kappa shape index (κ2) is 5.88. The van der Waals surface area contributed by atoms with Gasteiger partial charge in [0.2, 0.25) is 6.79 Å². The normalized spacial score (nSPS) is 12.1. The van der Waals surface area contributed by atoms with E-state index in [2.05, 4.69) is 10.6 Å². The molecule has 1 aliphatic heterocycles. The molecule has 1 aliphatic rings. The number of halogens is 2. The molecule has 2 N–H and O–H groups in total. The number of urea groups is 1. The zero-order chi connectivity index (χ0) is 15.5. The number of benzene rings is 2. The SMILES string of the molecule is O=C(NCc1ccc2c(c1)OCO2)Nc1c(F)cccc1F. The topological polar surface area (TPSA) is 59.6 Å². The first-order valence-corrected chi connectivity index (χ1v) is 6.51. The molecule has 7 heteroatoms. The van der Waals surface area contributed by atoms with Crippen molar-refractivity contribution in [1.82, 2.24) is 5.32 Å². The second-order valence-corrected chi connectivity index (χ2v) is 4.59. The second-order valence-electron chi connectivity index (χ2n) is 4.59. The average molecular weight is 306 g/mol. The largest absolute Gasteiger partial charge is 0.454 e. The maximum atomic E-state index is 13.4. The molecule has 0 fully saturated rings. The van der Waals surface area contributed by atoms with E-state index < -0.39 is 23.4 Å². The highest BCUT2D eigenvalue weighted by Crippen LogP contribution is 2.32. The first-order valence-electron chi connectivity index (χ1n) is 6.51. The molecule has 0 radical (unpaired) electrons. The van der Waals surface area contributed by atoms with E-state index in [0.717, 1.165) is 17.7 Å². The quantitative estimate of drug-likeness (QED) is 0.916. The molecule has 0 atom stereocenters. The third-order valence-electron chi connectivity index (χ3n) is 3.09. The maximum absolute atomic E-state index is 13.4. The number of hydrogen-bond donors (Lipinski definition) is 2. The predicted molar refractivity (Wildman–Crippen MR) is 74.8 cm³/mol. The summed E-state index contributed by atoms with van der Waals surface area (Å²) in [4.78, 5) is 11.7. The van der Waals surface area contributed by atoms with Crippen LogP contribution < -0.4 is 20.1 Å². The van der Waals surface area contributed by atoms with Crippen molar-refractivity contribution in [3.05, 3.63) is 53.6 Å². The lowest BCUT2D eigenvalue weighted by Gasteiger charge is -2.09. The molecule has 114 valence electrons. The summed E-state index contributed by atoms with van der Waals surface area (Å²) in [6.45, 7) is 0.345. The standard InChI is InChI=1S/C15H12F2N2O3/c16-10-2-1-3-11(17)14(10)19-15(20)18-7-9-4-5-12-13(6-9)22-8-21-12/h1-6H,7-8H2,(H2,18,19,20). The summed E-state index contributed by atoms with van der Waals surface area (Å²) in [5, 5.41) is 4.66. The van der Waals surface area contributed by atoms with E-state index in [9.17, 15) is 13.6 Å². The summed E-state index contributed by atoms with van der Waals surface area (Å²) in [6, 6.07) is 7.87. The van der Waals surface area contributed by atoms with Crippen molar-refractivity contribution in [2.24, 2.45) is 0 Å². The molecule has 0 aliphatic carbocycles. The third kappa shape index (κ3) is 2.93. The molecule has 2 aromatic rings. The van der Waals surface area contributed by atoms with Crippen molar-refractivity contribution < 1.29 is 23.0 Å². The highest BCUT2D eigenvalue weighted by molar-refractivity contribution is 5.89. The smallest absolute Gasteiger partial charge is 0.319 e. The van der Waals surface area contributed by atoms with E-state index in [0.29, 0.717) is 11.5 Å². The fraction of sp³-hybridized carbons (Fsp3) is 0.133. The lowest BCUT2D eigenvalue weighted by atomic mass is 10.2. The fourth-order valence-electron chi connectivity index (χ4n) is 2.01. The van der Waals surface area contributed by atoms with Crippen LogP contribution in [0.25, 0.3) is 0 Å². The van der Waals surface area contributed by atoms with Crippen LogP contribution >= 0.6 is 0 Å². The van der Waals surface area contributed by atoms with Gasteiger partial charge in [0, 0.05) is 6.54 Å². The summed E-state index contributed by atoms with van der Waals surface area (Å²) >= 11 is 0. The van der Waals surface area contributed by atoms with Gasteiger partial charge < -0.3 is 20.1 Å². The fourth-order valence-corrected chi connectivity index (χ4v) is 2.01. The molecule has 5 nitrogen and oxygen atoms in total. The highest BCUT2D eigenvalue weighted by atomic mass is 19.1. The van der Waals surface area contributed by atoms with Crippen molar-refractivity contribution in [3.8, 4) is 11.5 Å². The summed E-state index contributed by atoms with van der Waals surface area (Å²) in [7, 11) is 0. The molecule has 0 aromatic heterocycles. The van der Waals surface area contributed by atoms with Gasteiger partial charge in [0.25, 0.3) is 0 Å². The number of carbonyl (C=O) groups is 1. The van der Waals surface area contributed by atoms with Gasteiger partial charge in [-0.05, 0) is 29.8 Å². The van der Waals surface area contributed by atoms with Gasteiger partial charge in [-0.2, -0.15) is 0 Å². The van der Waals surface area contributed by atoms with Gasteiger partial charge in [-0.25, -0.2) is 13.6 Å². The number of carbonyl (C=O) groups excluding carboxylic acids is 1. The summed E-state index contributed by atoms with van der Waals surface area (Å²) in [5.41, 5.74) is 0.291. The Balaban J connectivity index is 1.61. The van der Waals surface area contributed by atoms with Crippen molar-refractivity contribution in [1.29, 1.82) is 0 Å². The number of ether oxygens (including phenoxy) is 2. The van der Waals surface area contributed by atoms with Crippen molar-refractivity contribution in [2.75, 3.05) is 12.1 Å². The van der Waals surface area contributed by atoms with E-state index in [1.165, 1.54) is 6.07 Å². The molecular weight excluding hydrogens is 294 g/mol. The van der Waals surface area contributed by atoms with Gasteiger partial charge in [-0.15, -0.1) is 0 Å². The number of para-hydroxylation sites is 1. The maximum Gasteiger partial charge on any atom is 0.319 e. The summed E-state index contributed by atoms with van der Waals surface area (Å²) in [6.07, 6.45) is 0. The number of anilines is 1. The monoisotopic (exact) mass is 306 g/mol. The Kier molecular flexibility index (Phi) is 3.78. The molecule has 0 saturated carbocycles. The van der Waals surface area contributed by atoms with Crippen LogP contribution in [0.2, 0.25) is 0 Å². The number of nitrogens with one attached hydrogen (secondary N) is 2. The minimum atomic E-state index is -0.835. The molecule has 0 bridgehead atoms. The van der Waals surface area contributed by atoms with Crippen molar-refractivity contribution in [2.45, 2.75) is 6.54 Å². The van der Waals surface area contributed by atoms with Crippen LogP contribution in [-0.4, -0.2) is 12.8 Å². The zero-order valence-electron chi connectivity index (χ0n) is 11.4. The first-order chi connectivity index (χ1) is 10.6. The molecule has 0 saturated heterocycles. The van der Waals surface area contributed by atoms with Crippen LogP contribution in [0, 0.1) is 11.6 Å². The van der Waals surface area contributed by atoms with E-state index in [4.69, 9.17) is 9.47 Å². The van der Waals surface area contributed by atoms with E-state index in [1.54, 1.807) is 18.2 Å². The first kappa shape index (κ1) is 14.1. The van der Waals surface area contributed by atoms with Crippen LogP contribution in [0.5, 0.6) is 11.5 Å². The Morgan fingerprint density at radius 3 is 2.59 bits per heavy atom. The van der Waals surface area contributed by atoms with Crippen LogP contribution in [0.3, 0.4) is 0 Å². The Hall–Kier alpha value is -2.83. The van der Waals surface area contributed by atoms with Gasteiger partial charge in [0.05, 0.1) is 0 Å². The summed E-state index contributed by atoms with van der Waals surface area (Å²) in [5.74, 6) is -0.432. The van der Waals surface area contributed by atoms with Gasteiger partial charge in [0.1, 0.15) is 17.3 Å². The van der Waals surface area contributed by atoms with Gasteiger partial charge in [-0.3, -0.25) is 0 Å². The molecule has 2 aromatic carbocycles. The Labute approximate surface area is 124 Å². The van der Waals surface area contributed by atoms with Gasteiger partial charge in [0.15, 0.2) is 11.5 Å². The Morgan fingerprint density at radius 2 is 1.82 bits per heavy atom. The van der Waals surface area contributed by atoms with E-state index in [-0.39, 0.29) is 13.3 Å². The van der Waals surface area contributed by atoms with Gasteiger partial charge >= 0.3 is 6.03 Å². The molecular formula is C15H12F2N2O3. The molecule has 0 spiro atoms. The zero-order valence-corrected chi connectivity index (χ0v) is 11.4. The Bertz CT molecular complexity index is 702. The molecule has 3 rings (SSSR count). The molecule has 1 heterocycles. The Morgan fingerprint density at radius 1 is 1.09 bits per heavy atom. The van der Waals surface area contributed by atoms with E-state index in [1.807, 2.05) is 0 Å². The number of rotatable bonds is 3. The van der Waals surface area contributed by atoms with Crippen molar-refractivity contribution in [3.63, 3.8) is 0 Å². The molecule has 22 heavy (non-hydrogen) atoms. The summed E-state index contributed by atoms with van der Waals surface area (Å²) < 4.78 is 37.2. The van der Waals surface area contributed by atoms with Crippen molar-refractivity contribution >= 4 is 11.7 Å². The van der Waals surface area contributed by atoms with Crippen LogP contribution in [0.1, 0.15) is 5.56 Å². The van der Waals surface area contributed by atoms with E-state index >= 15 is 0 Å². The van der Waals surface area contributed by atoms with Crippen LogP contribution in [0.4, 0.5) is 19.3 Å².